The normalized spacial score (nSPS) is 28.8. The summed E-state index contributed by atoms with van der Waals surface area (Å²) in [6.45, 7) is 7.44. The first kappa shape index (κ1) is 13.5. The number of hydrogen-bond acceptors (Lipinski definition) is 3. The van der Waals surface area contributed by atoms with Gasteiger partial charge in [0.05, 0.1) is 0 Å². The van der Waals surface area contributed by atoms with Gasteiger partial charge in [-0.1, -0.05) is 13.8 Å². The largest absolute Gasteiger partial charge is 0.368 e. The molecular weight excluding hydrogens is 204 g/mol. The van der Waals surface area contributed by atoms with Crippen molar-refractivity contribution in [1.29, 1.82) is 0 Å². The molecule has 4 heteroatoms. The Kier molecular flexibility index (Phi) is 4.74. The van der Waals surface area contributed by atoms with Crippen molar-refractivity contribution in [2.24, 2.45) is 11.7 Å². The van der Waals surface area contributed by atoms with Crippen LogP contribution in [0.5, 0.6) is 0 Å². The number of nitrogens with two attached hydrogens (primary N) is 1. The second-order valence-electron chi connectivity index (χ2n) is 5.00. The SMILES string of the molecule is CCC(C)(CCN)NC(=O)C1OCCC1C. The maximum atomic E-state index is 12.0. The van der Waals surface area contributed by atoms with Gasteiger partial charge in [0.15, 0.2) is 0 Å². The first-order chi connectivity index (χ1) is 7.52. The molecule has 1 amide bonds. The monoisotopic (exact) mass is 228 g/mol. The van der Waals surface area contributed by atoms with Crippen molar-refractivity contribution in [2.75, 3.05) is 13.2 Å². The molecule has 1 heterocycles. The van der Waals surface area contributed by atoms with Crippen LogP contribution in [0.15, 0.2) is 0 Å². The standard InChI is InChI=1S/C12H24N2O2/c1-4-12(3,6-7-13)14-11(15)10-9(2)5-8-16-10/h9-10H,4-8,13H2,1-3H3,(H,14,15). The molecule has 3 N–H and O–H groups in total. The third kappa shape index (κ3) is 3.19. The lowest BCUT2D eigenvalue weighted by atomic mass is 9.93. The summed E-state index contributed by atoms with van der Waals surface area (Å²) in [6, 6.07) is 0. The van der Waals surface area contributed by atoms with Crippen LogP contribution in [-0.4, -0.2) is 30.7 Å². The molecule has 0 aromatic heterocycles. The van der Waals surface area contributed by atoms with Crippen molar-refractivity contribution in [3.63, 3.8) is 0 Å². The molecule has 1 rings (SSSR count). The molecule has 0 aliphatic carbocycles. The third-order valence-electron chi connectivity index (χ3n) is 3.55. The lowest BCUT2D eigenvalue weighted by molar-refractivity contribution is -0.133. The minimum Gasteiger partial charge on any atom is -0.368 e. The Balaban J connectivity index is 2.54. The Labute approximate surface area is 97.9 Å². The highest BCUT2D eigenvalue weighted by Crippen LogP contribution is 2.22. The van der Waals surface area contributed by atoms with Gasteiger partial charge in [-0.05, 0) is 38.6 Å². The van der Waals surface area contributed by atoms with Crippen LogP contribution < -0.4 is 11.1 Å². The molecule has 1 saturated heterocycles. The van der Waals surface area contributed by atoms with Crippen molar-refractivity contribution in [3.05, 3.63) is 0 Å². The summed E-state index contributed by atoms with van der Waals surface area (Å²) < 4.78 is 5.45. The number of rotatable bonds is 5. The van der Waals surface area contributed by atoms with Crippen molar-refractivity contribution in [1.82, 2.24) is 5.32 Å². The zero-order valence-electron chi connectivity index (χ0n) is 10.6. The Hall–Kier alpha value is -0.610. The van der Waals surface area contributed by atoms with Crippen LogP contribution in [0.2, 0.25) is 0 Å². The van der Waals surface area contributed by atoms with Gasteiger partial charge in [0, 0.05) is 12.1 Å². The number of amides is 1. The van der Waals surface area contributed by atoms with Gasteiger partial charge in [0.1, 0.15) is 6.10 Å². The molecule has 1 aliphatic rings. The predicted octanol–water partition coefficient (Wildman–Crippen LogP) is 1.05. The van der Waals surface area contributed by atoms with Crippen LogP contribution in [0.25, 0.3) is 0 Å². The smallest absolute Gasteiger partial charge is 0.249 e. The molecule has 16 heavy (non-hydrogen) atoms. The molecule has 1 fully saturated rings. The number of carbonyl (C=O) groups excluding carboxylic acids is 1. The number of carbonyl (C=O) groups is 1. The van der Waals surface area contributed by atoms with Gasteiger partial charge in [0.25, 0.3) is 0 Å². The van der Waals surface area contributed by atoms with Crippen LogP contribution >= 0.6 is 0 Å². The topological polar surface area (TPSA) is 64.3 Å². The summed E-state index contributed by atoms with van der Waals surface area (Å²) in [5, 5.41) is 3.07. The first-order valence-electron chi connectivity index (χ1n) is 6.16. The van der Waals surface area contributed by atoms with E-state index in [1.807, 2.05) is 6.92 Å². The van der Waals surface area contributed by atoms with E-state index in [9.17, 15) is 4.79 Å². The molecule has 4 nitrogen and oxygen atoms in total. The molecule has 1 aliphatic heterocycles. The van der Waals surface area contributed by atoms with E-state index in [0.29, 0.717) is 19.1 Å². The van der Waals surface area contributed by atoms with E-state index in [-0.39, 0.29) is 17.6 Å². The summed E-state index contributed by atoms with van der Waals surface area (Å²) in [4.78, 5) is 12.0. The fraction of sp³-hybridized carbons (Fsp3) is 0.917. The lowest BCUT2D eigenvalue weighted by Gasteiger charge is -2.31. The zero-order chi connectivity index (χ0) is 12.2. The van der Waals surface area contributed by atoms with Gasteiger partial charge in [-0.3, -0.25) is 4.79 Å². The van der Waals surface area contributed by atoms with Crippen LogP contribution in [-0.2, 0) is 9.53 Å². The third-order valence-corrected chi connectivity index (χ3v) is 3.55. The maximum absolute atomic E-state index is 12.0. The Morgan fingerprint density at radius 1 is 1.62 bits per heavy atom. The summed E-state index contributed by atoms with van der Waals surface area (Å²) >= 11 is 0. The molecule has 94 valence electrons. The Morgan fingerprint density at radius 2 is 2.31 bits per heavy atom. The van der Waals surface area contributed by atoms with Gasteiger partial charge in [-0.25, -0.2) is 0 Å². The second kappa shape index (κ2) is 5.64. The van der Waals surface area contributed by atoms with E-state index in [1.165, 1.54) is 0 Å². The van der Waals surface area contributed by atoms with Crippen molar-refractivity contribution >= 4 is 5.91 Å². The second-order valence-corrected chi connectivity index (χ2v) is 5.00. The van der Waals surface area contributed by atoms with Gasteiger partial charge in [-0.2, -0.15) is 0 Å². The predicted molar refractivity (Wildman–Crippen MR) is 64.0 cm³/mol. The average Bonchev–Trinajstić information content (AvgIpc) is 2.65. The molecule has 0 aromatic carbocycles. The van der Waals surface area contributed by atoms with E-state index in [0.717, 1.165) is 19.3 Å². The van der Waals surface area contributed by atoms with Gasteiger partial charge < -0.3 is 15.8 Å². The van der Waals surface area contributed by atoms with Gasteiger partial charge in [0.2, 0.25) is 5.91 Å². The van der Waals surface area contributed by atoms with Gasteiger partial charge >= 0.3 is 0 Å². The summed E-state index contributed by atoms with van der Waals surface area (Å²) in [7, 11) is 0. The summed E-state index contributed by atoms with van der Waals surface area (Å²) in [5.74, 6) is 0.335. The van der Waals surface area contributed by atoms with Crippen LogP contribution in [0, 0.1) is 5.92 Å². The highest BCUT2D eigenvalue weighted by atomic mass is 16.5. The fourth-order valence-electron chi connectivity index (χ4n) is 2.05. The van der Waals surface area contributed by atoms with Crippen LogP contribution in [0.3, 0.4) is 0 Å². The van der Waals surface area contributed by atoms with E-state index < -0.39 is 0 Å². The Morgan fingerprint density at radius 3 is 2.75 bits per heavy atom. The minimum atomic E-state index is -0.274. The molecular formula is C12H24N2O2. The van der Waals surface area contributed by atoms with E-state index in [4.69, 9.17) is 10.5 Å². The fourth-order valence-corrected chi connectivity index (χ4v) is 2.05. The molecule has 3 atom stereocenters. The van der Waals surface area contributed by atoms with Crippen molar-refractivity contribution in [2.45, 2.75) is 51.7 Å². The maximum Gasteiger partial charge on any atom is 0.249 e. The van der Waals surface area contributed by atoms with Crippen molar-refractivity contribution < 1.29 is 9.53 Å². The zero-order valence-corrected chi connectivity index (χ0v) is 10.6. The summed E-state index contributed by atoms with van der Waals surface area (Å²) in [5.41, 5.74) is 5.37. The molecule has 0 bridgehead atoms. The van der Waals surface area contributed by atoms with E-state index >= 15 is 0 Å². The molecule has 0 aromatic rings. The van der Waals surface area contributed by atoms with Gasteiger partial charge in [-0.15, -0.1) is 0 Å². The van der Waals surface area contributed by atoms with E-state index in [2.05, 4.69) is 19.2 Å². The number of nitrogens with one attached hydrogen (secondary N) is 1. The lowest BCUT2D eigenvalue weighted by Crippen LogP contribution is -2.51. The van der Waals surface area contributed by atoms with Crippen molar-refractivity contribution in [3.8, 4) is 0 Å². The molecule has 0 saturated carbocycles. The van der Waals surface area contributed by atoms with E-state index in [1.54, 1.807) is 0 Å². The molecule has 3 unspecified atom stereocenters. The first-order valence-corrected chi connectivity index (χ1v) is 6.16. The Bertz CT molecular complexity index is 245. The molecule has 0 spiro atoms. The van der Waals surface area contributed by atoms with Crippen LogP contribution in [0.4, 0.5) is 0 Å². The van der Waals surface area contributed by atoms with Crippen LogP contribution in [0.1, 0.15) is 40.0 Å². The average molecular weight is 228 g/mol. The number of hydrogen-bond donors (Lipinski definition) is 2. The minimum absolute atomic E-state index is 0.0165. The molecule has 0 radical (unpaired) electrons. The number of ether oxygens (including phenoxy) is 1. The highest BCUT2D eigenvalue weighted by molar-refractivity contribution is 5.82. The summed E-state index contributed by atoms with van der Waals surface area (Å²) in [6.07, 6.45) is 2.38. The quantitative estimate of drug-likeness (QED) is 0.739. The highest BCUT2D eigenvalue weighted by Gasteiger charge is 2.34.